The first-order valence-corrected chi connectivity index (χ1v) is 18.7. The normalized spacial score (nSPS) is 15.9. The van der Waals surface area contributed by atoms with Crippen molar-refractivity contribution in [1.82, 2.24) is 0 Å². The van der Waals surface area contributed by atoms with E-state index < -0.39 is 38.1 Å². The second-order valence-corrected chi connectivity index (χ2v) is 15.9. The second kappa shape index (κ2) is 21.1. The fourth-order valence-electron chi connectivity index (χ4n) is 5.30. The van der Waals surface area contributed by atoms with Crippen LogP contribution in [-0.4, -0.2) is 55.5 Å². The van der Waals surface area contributed by atoms with Crippen LogP contribution in [0.4, 0.5) is 0 Å². The number of carbonyl (C=O) groups is 4. The molecule has 0 aromatic heterocycles. The van der Waals surface area contributed by atoms with Crippen LogP contribution in [0.5, 0.6) is 0 Å². The van der Waals surface area contributed by atoms with E-state index in [1.807, 2.05) is 0 Å². The van der Waals surface area contributed by atoms with Crippen molar-refractivity contribution in [2.24, 2.45) is 0 Å². The van der Waals surface area contributed by atoms with Crippen LogP contribution >= 0.6 is 7.26 Å². The second-order valence-electron chi connectivity index (χ2n) is 11.4. The van der Waals surface area contributed by atoms with Gasteiger partial charge in [-0.25, -0.2) is 19.2 Å². The van der Waals surface area contributed by atoms with E-state index in [0.717, 1.165) is 0 Å². The number of hydrogen-bond donors (Lipinski definition) is 0. The Balaban J connectivity index is 0.000000504. The molecule has 8 nitrogen and oxygen atoms in total. The predicted octanol–water partition coefficient (Wildman–Crippen LogP) is 7.73. The van der Waals surface area contributed by atoms with Gasteiger partial charge in [-0.15, -0.1) is 0 Å². The van der Waals surface area contributed by atoms with Gasteiger partial charge in [0.2, 0.25) is 0 Å². The molecule has 2 aliphatic heterocycles. The summed E-state index contributed by atoms with van der Waals surface area (Å²) < 4.78 is 16.5. The standard InChI is InChI=1S/C26H56P.C4BO8/c1-5-9-13-14-15-16-17-18-19-20-21-22-26-27(23-10-6-2,24-11-7-3)25-12-8-4;6-1-2(7)11-5(10-1)12-3(8)4(9)13-5/h5-26H2,1-4H3;/q+1;-1. The Bertz CT molecular complexity index is 669. The minimum absolute atomic E-state index is 0.626. The van der Waals surface area contributed by atoms with E-state index in [1.165, 1.54) is 109 Å². The molecule has 0 aromatic carbocycles. The van der Waals surface area contributed by atoms with Gasteiger partial charge in [0.05, 0.1) is 24.6 Å². The van der Waals surface area contributed by atoms with Crippen LogP contribution in [0.2, 0.25) is 0 Å². The van der Waals surface area contributed by atoms with Crippen molar-refractivity contribution < 1.29 is 37.8 Å². The van der Waals surface area contributed by atoms with Gasteiger partial charge < -0.3 is 18.6 Å². The average Bonchev–Trinajstić information content (AvgIpc) is 3.37. The lowest BCUT2D eigenvalue weighted by atomic mass is 10.1. The van der Waals surface area contributed by atoms with Crippen molar-refractivity contribution in [3.8, 4) is 0 Å². The molecule has 0 saturated carbocycles. The molecule has 10 heteroatoms. The van der Waals surface area contributed by atoms with Crippen LogP contribution in [-0.2, 0) is 37.8 Å². The Morgan fingerprint density at radius 3 is 0.950 bits per heavy atom. The molecular formula is C30H56BO8P. The molecule has 40 heavy (non-hydrogen) atoms. The molecule has 2 aliphatic rings. The van der Waals surface area contributed by atoms with E-state index in [2.05, 4.69) is 46.3 Å². The fraction of sp³-hybridized carbons (Fsp3) is 0.867. The Hall–Kier alpha value is -1.63. The molecular weight excluding hydrogens is 530 g/mol. The summed E-state index contributed by atoms with van der Waals surface area (Å²) in [4.78, 5) is 41.9. The van der Waals surface area contributed by atoms with Gasteiger partial charge in [0.15, 0.2) is 0 Å². The number of unbranched alkanes of at least 4 members (excludes halogenated alkanes) is 14. The molecule has 2 heterocycles. The summed E-state index contributed by atoms with van der Waals surface area (Å²) in [6.07, 6.45) is 33.0. The molecule has 2 saturated heterocycles. The maximum atomic E-state index is 10.5. The number of hydrogen-bond acceptors (Lipinski definition) is 8. The molecule has 0 bridgehead atoms. The maximum Gasteiger partial charge on any atom is 0.786 e. The lowest BCUT2D eigenvalue weighted by Gasteiger charge is -2.28. The van der Waals surface area contributed by atoms with Crippen molar-refractivity contribution in [3.63, 3.8) is 0 Å². The van der Waals surface area contributed by atoms with Crippen LogP contribution in [0, 0.1) is 0 Å². The van der Waals surface area contributed by atoms with Gasteiger partial charge in [-0.05, 0) is 32.1 Å². The van der Waals surface area contributed by atoms with Crippen LogP contribution in [0.25, 0.3) is 0 Å². The van der Waals surface area contributed by atoms with Crippen molar-refractivity contribution >= 4 is 38.1 Å². The zero-order chi connectivity index (χ0) is 29.7. The van der Waals surface area contributed by atoms with Crippen molar-refractivity contribution in [1.29, 1.82) is 0 Å². The SMILES string of the molecule is CCCCCCCCCCCCCC[P+](CCCC)(CCCC)CCCC.O=C1O[B-]2(OC1=O)OC(=O)C(=O)O2. The molecule has 0 aliphatic carbocycles. The van der Waals surface area contributed by atoms with E-state index in [1.54, 1.807) is 31.1 Å². The first-order chi connectivity index (χ1) is 19.3. The van der Waals surface area contributed by atoms with Crippen LogP contribution in [0.1, 0.15) is 143 Å². The van der Waals surface area contributed by atoms with Crippen molar-refractivity contribution in [3.05, 3.63) is 0 Å². The lowest BCUT2D eigenvalue weighted by molar-refractivity contribution is -0.150. The summed E-state index contributed by atoms with van der Waals surface area (Å²) in [6.45, 7) is 6.17. The summed E-state index contributed by atoms with van der Waals surface area (Å²) in [7, 11) is -0.626. The van der Waals surface area contributed by atoms with Gasteiger partial charge in [-0.2, -0.15) is 0 Å². The predicted molar refractivity (Wildman–Crippen MR) is 162 cm³/mol. The van der Waals surface area contributed by atoms with E-state index in [4.69, 9.17) is 0 Å². The largest absolute Gasteiger partial charge is 0.786 e. The van der Waals surface area contributed by atoms with Crippen LogP contribution in [0.3, 0.4) is 0 Å². The van der Waals surface area contributed by atoms with Gasteiger partial charge in [0, 0.05) is 7.26 Å². The number of carbonyl (C=O) groups excluding carboxylic acids is 4. The molecule has 0 amide bonds. The smallest absolute Gasteiger partial charge is 0.576 e. The topological polar surface area (TPSA) is 105 Å². The van der Waals surface area contributed by atoms with Crippen molar-refractivity contribution in [2.75, 3.05) is 24.6 Å². The molecule has 2 fully saturated rings. The van der Waals surface area contributed by atoms with Gasteiger partial charge in [-0.1, -0.05) is 111 Å². The third-order valence-corrected chi connectivity index (χ3v) is 12.8. The highest BCUT2D eigenvalue weighted by atomic mass is 31.2. The molecule has 1 spiro atoms. The summed E-state index contributed by atoms with van der Waals surface area (Å²) in [5, 5.41) is 0. The Morgan fingerprint density at radius 2 is 0.650 bits per heavy atom. The lowest BCUT2D eigenvalue weighted by Crippen LogP contribution is -2.40. The Morgan fingerprint density at radius 1 is 0.400 bits per heavy atom. The van der Waals surface area contributed by atoms with Crippen molar-refractivity contribution in [2.45, 2.75) is 143 Å². The Labute approximate surface area is 243 Å². The van der Waals surface area contributed by atoms with Gasteiger partial charge in [0.25, 0.3) is 0 Å². The molecule has 2 rings (SSSR count). The molecule has 0 unspecified atom stereocenters. The zero-order valence-corrected chi connectivity index (χ0v) is 26.7. The van der Waals surface area contributed by atoms with Gasteiger partial charge in [0.1, 0.15) is 0 Å². The minimum atomic E-state index is -3.30. The summed E-state index contributed by atoms with van der Waals surface area (Å²) in [5.74, 6) is -5.49. The fourth-order valence-corrected chi connectivity index (χ4v) is 10.5. The highest BCUT2D eigenvalue weighted by Crippen LogP contribution is 2.61. The third kappa shape index (κ3) is 14.3. The zero-order valence-electron chi connectivity index (χ0n) is 25.8. The van der Waals surface area contributed by atoms with E-state index >= 15 is 0 Å². The third-order valence-electron chi connectivity index (χ3n) is 7.78. The van der Waals surface area contributed by atoms with Crippen LogP contribution in [0.15, 0.2) is 0 Å². The minimum Gasteiger partial charge on any atom is -0.576 e. The monoisotopic (exact) mass is 586 g/mol. The molecule has 0 N–H and O–H groups in total. The highest BCUT2D eigenvalue weighted by molar-refractivity contribution is 7.75. The summed E-state index contributed by atoms with van der Waals surface area (Å²) >= 11 is 0. The van der Waals surface area contributed by atoms with E-state index in [9.17, 15) is 19.2 Å². The summed E-state index contributed by atoms with van der Waals surface area (Å²) in [6, 6.07) is 0. The molecule has 0 atom stereocenters. The first-order valence-electron chi connectivity index (χ1n) is 16.2. The number of rotatable bonds is 22. The van der Waals surface area contributed by atoms with Gasteiger partial charge >= 0.3 is 30.8 Å². The highest BCUT2D eigenvalue weighted by Gasteiger charge is 2.60. The van der Waals surface area contributed by atoms with Gasteiger partial charge in [-0.3, -0.25) is 0 Å². The molecule has 0 radical (unpaired) electrons. The van der Waals surface area contributed by atoms with Crippen LogP contribution < -0.4 is 0 Å². The quantitative estimate of drug-likeness (QED) is 0.0549. The maximum absolute atomic E-state index is 10.5. The first kappa shape index (κ1) is 36.4. The molecule has 232 valence electrons. The molecule has 0 aromatic rings. The average molecular weight is 587 g/mol. The van der Waals surface area contributed by atoms with E-state index in [-0.39, 0.29) is 0 Å². The summed E-state index contributed by atoms with van der Waals surface area (Å²) in [5.41, 5.74) is 0. The van der Waals surface area contributed by atoms with E-state index in [0.29, 0.717) is 0 Å². The Kier molecular flexibility index (Phi) is 19.2.